The quantitative estimate of drug-likeness (QED) is 0.862. The zero-order valence-electron chi connectivity index (χ0n) is 15.7. The molecule has 2 aromatic rings. The monoisotopic (exact) mass is 373 g/mol. The predicted molar refractivity (Wildman–Crippen MR) is 97.2 cm³/mol. The smallest absolute Gasteiger partial charge is 0.273 e. The molecule has 1 aromatic heterocycles. The van der Waals surface area contributed by atoms with Gasteiger partial charge in [-0.2, -0.15) is 0 Å². The summed E-state index contributed by atoms with van der Waals surface area (Å²) in [6, 6.07) is 6.74. The number of hydrogen-bond donors (Lipinski definition) is 1. The highest BCUT2D eigenvalue weighted by atomic mass is 16.5. The molecule has 144 valence electrons. The fourth-order valence-corrected chi connectivity index (χ4v) is 3.11. The van der Waals surface area contributed by atoms with Crippen molar-refractivity contribution in [2.24, 2.45) is 0 Å². The van der Waals surface area contributed by atoms with Crippen LogP contribution in [0, 0.1) is 6.92 Å². The van der Waals surface area contributed by atoms with Gasteiger partial charge < -0.3 is 24.2 Å². The Bertz CT molecular complexity index is 825. The van der Waals surface area contributed by atoms with Crippen LogP contribution < -0.4 is 14.8 Å². The molecule has 27 heavy (non-hydrogen) atoms. The second-order valence-electron chi connectivity index (χ2n) is 6.43. The van der Waals surface area contributed by atoms with E-state index in [1.165, 1.54) is 7.11 Å². The van der Waals surface area contributed by atoms with Gasteiger partial charge in [-0.05, 0) is 38.0 Å². The van der Waals surface area contributed by atoms with E-state index in [-0.39, 0.29) is 23.6 Å². The van der Waals surface area contributed by atoms with Crippen LogP contribution in [0.5, 0.6) is 11.5 Å². The third-order valence-corrected chi connectivity index (χ3v) is 4.61. The van der Waals surface area contributed by atoms with Crippen molar-refractivity contribution in [2.75, 3.05) is 27.3 Å². The molecule has 3 rings (SSSR count). The van der Waals surface area contributed by atoms with Gasteiger partial charge in [-0.15, -0.1) is 0 Å². The molecule has 0 unspecified atom stereocenters. The number of aryl methyl sites for hydroxylation is 1. The van der Waals surface area contributed by atoms with Crippen molar-refractivity contribution >= 4 is 11.8 Å². The van der Waals surface area contributed by atoms with Gasteiger partial charge in [-0.1, -0.05) is 5.16 Å². The van der Waals surface area contributed by atoms with Crippen LogP contribution in [0.15, 0.2) is 28.8 Å². The largest absolute Gasteiger partial charge is 0.493 e. The fourth-order valence-electron chi connectivity index (χ4n) is 3.11. The molecule has 0 spiro atoms. The van der Waals surface area contributed by atoms with Crippen molar-refractivity contribution in [1.82, 2.24) is 15.4 Å². The summed E-state index contributed by atoms with van der Waals surface area (Å²) in [6.07, 6.45) is 1.36. The highest BCUT2D eigenvalue weighted by Crippen LogP contribution is 2.28. The van der Waals surface area contributed by atoms with Gasteiger partial charge in [0.2, 0.25) is 0 Å². The van der Waals surface area contributed by atoms with Gasteiger partial charge in [-0.25, -0.2) is 0 Å². The molecule has 8 nitrogen and oxygen atoms in total. The first-order chi connectivity index (χ1) is 13.0. The number of hydrogen-bond acceptors (Lipinski definition) is 6. The Morgan fingerprint density at radius 2 is 1.85 bits per heavy atom. The first kappa shape index (κ1) is 18.8. The molecule has 0 atom stereocenters. The maximum absolute atomic E-state index is 12.7. The summed E-state index contributed by atoms with van der Waals surface area (Å²) in [7, 11) is 3.09. The lowest BCUT2D eigenvalue weighted by molar-refractivity contribution is 0.0697. The Labute approximate surface area is 157 Å². The highest BCUT2D eigenvalue weighted by molar-refractivity contribution is 5.95. The number of carbonyl (C=O) groups is 2. The van der Waals surface area contributed by atoms with Crippen LogP contribution in [0.2, 0.25) is 0 Å². The van der Waals surface area contributed by atoms with Crippen molar-refractivity contribution in [3.05, 3.63) is 41.3 Å². The Balaban J connectivity index is 1.57. The minimum absolute atomic E-state index is 0.00367. The molecule has 0 bridgehead atoms. The average molecular weight is 373 g/mol. The van der Waals surface area contributed by atoms with Crippen molar-refractivity contribution in [2.45, 2.75) is 25.8 Å². The molecule has 1 saturated heterocycles. The van der Waals surface area contributed by atoms with E-state index in [2.05, 4.69) is 10.5 Å². The summed E-state index contributed by atoms with van der Waals surface area (Å²) in [5, 5.41) is 6.67. The van der Waals surface area contributed by atoms with Crippen molar-refractivity contribution in [3.63, 3.8) is 0 Å². The van der Waals surface area contributed by atoms with Crippen molar-refractivity contribution in [3.8, 4) is 11.5 Å². The number of aromatic nitrogens is 1. The van der Waals surface area contributed by atoms with Crippen LogP contribution in [0.4, 0.5) is 0 Å². The normalized spacial score (nSPS) is 14.7. The van der Waals surface area contributed by atoms with E-state index < -0.39 is 0 Å². The molecular formula is C19H23N3O5. The van der Waals surface area contributed by atoms with Crippen molar-refractivity contribution < 1.29 is 23.6 Å². The van der Waals surface area contributed by atoms with Gasteiger partial charge in [0.15, 0.2) is 17.2 Å². The number of nitrogens with zero attached hydrogens (tertiary/aromatic N) is 2. The molecule has 0 aliphatic carbocycles. The van der Waals surface area contributed by atoms with Gasteiger partial charge in [0.1, 0.15) is 5.76 Å². The molecular weight excluding hydrogens is 350 g/mol. The summed E-state index contributed by atoms with van der Waals surface area (Å²) in [6.45, 7) is 2.87. The maximum atomic E-state index is 12.7. The maximum Gasteiger partial charge on any atom is 0.273 e. The Morgan fingerprint density at radius 3 is 2.44 bits per heavy atom. The minimum Gasteiger partial charge on any atom is -0.493 e. The Kier molecular flexibility index (Phi) is 5.63. The van der Waals surface area contributed by atoms with E-state index in [0.717, 1.165) is 0 Å². The summed E-state index contributed by atoms with van der Waals surface area (Å²) >= 11 is 0. The van der Waals surface area contributed by atoms with Gasteiger partial charge in [-0.3, -0.25) is 9.59 Å². The lowest BCUT2D eigenvalue weighted by atomic mass is 10.0. The van der Waals surface area contributed by atoms with Crippen LogP contribution in [0.1, 0.15) is 39.4 Å². The summed E-state index contributed by atoms with van der Waals surface area (Å²) in [5.41, 5.74) is 0.824. The number of rotatable bonds is 5. The molecule has 1 aliphatic heterocycles. The van der Waals surface area contributed by atoms with E-state index in [4.69, 9.17) is 14.0 Å². The lowest BCUT2D eigenvalue weighted by Crippen LogP contribution is -2.46. The van der Waals surface area contributed by atoms with E-state index in [1.807, 2.05) is 0 Å². The van der Waals surface area contributed by atoms with Crippen LogP contribution in [-0.2, 0) is 0 Å². The molecule has 1 aromatic carbocycles. The predicted octanol–water partition coefficient (Wildman–Crippen LogP) is 2.03. The van der Waals surface area contributed by atoms with Crippen LogP contribution >= 0.6 is 0 Å². The second kappa shape index (κ2) is 8.11. The summed E-state index contributed by atoms with van der Waals surface area (Å²) in [5.74, 6) is 1.38. The van der Waals surface area contributed by atoms with E-state index >= 15 is 0 Å². The van der Waals surface area contributed by atoms with Crippen molar-refractivity contribution in [1.29, 1.82) is 0 Å². The molecule has 0 radical (unpaired) electrons. The topological polar surface area (TPSA) is 93.9 Å². The van der Waals surface area contributed by atoms with E-state index in [0.29, 0.717) is 48.8 Å². The molecule has 2 amide bonds. The Hall–Kier alpha value is -3.03. The molecule has 2 heterocycles. The fraction of sp³-hybridized carbons (Fsp3) is 0.421. The number of amides is 2. The number of carbonyl (C=O) groups excluding carboxylic acids is 2. The lowest BCUT2D eigenvalue weighted by Gasteiger charge is -2.32. The first-order valence-corrected chi connectivity index (χ1v) is 8.77. The molecule has 1 fully saturated rings. The average Bonchev–Trinajstić information content (AvgIpc) is 3.14. The van der Waals surface area contributed by atoms with E-state index in [1.54, 1.807) is 43.2 Å². The first-order valence-electron chi connectivity index (χ1n) is 8.77. The van der Waals surface area contributed by atoms with Crippen LogP contribution in [-0.4, -0.2) is 55.2 Å². The number of benzene rings is 1. The number of piperidine rings is 1. The summed E-state index contributed by atoms with van der Waals surface area (Å²) in [4.78, 5) is 26.7. The molecule has 0 saturated carbocycles. The number of nitrogens with one attached hydrogen (secondary N) is 1. The number of methoxy groups -OCH3 is 2. The van der Waals surface area contributed by atoms with Gasteiger partial charge >= 0.3 is 0 Å². The molecule has 1 aliphatic rings. The number of ether oxygens (including phenoxy) is 2. The molecule has 1 N–H and O–H groups in total. The number of likely N-dealkylation sites (tertiary alicyclic amines) is 1. The van der Waals surface area contributed by atoms with Gasteiger partial charge in [0, 0.05) is 30.8 Å². The van der Waals surface area contributed by atoms with Crippen LogP contribution in [0.3, 0.4) is 0 Å². The third-order valence-electron chi connectivity index (χ3n) is 4.61. The second-order valence-corrected chi connectivity index (χ2v) is 6.43. The summed E-state index contributed by atoms with van der Waals surface area (Å²) < 4.78 is 15.4. The molecule has 8 heteroatoms. The third kappa shape index (κ3) is 4.21. The van der Waals surface area contributed by atoms with Gasteiger partial charge in [0.05, 0.1) is 14.2 Å². The van der Waals surface area contributed by atoms with Gasteiger partial charge in [0.25, 0.3) is 11.8 Å². The highest BCUT2D eigenvalue weighted by Gasteiger charge is 2.26. The SMILES string of the molecule is COc1ccc(C(=O)N2CCC(NC(=O)c3cc(C)on3)CC2)cc1OC. The minimum atomic E-state index is -0.253. The zero-order chi connectivity index (χ0) is 19.4. The van der Waals surface area contributed by atoms with E-state index in [9.17, 15) is 9.59 Å². The standard InChI is InChI=1S/C19H23N3O5/c1-12-10-15(21-27-12)18(23)20-14-6-8-22(9-7-14)19(24)13-4-5-16(25-2)17(11-13)26-3/h4-5,10-11,14H,6-9H2,1-3H3,(H,20,23). The zero-order valence-corrected chi connectivity index (χ0v) is 15.7. The Morgan fingerprint density at radius 1 is 1.15 bits per heavy atom. The van der Waals surface area contributed by atoms with Crippen LogP contribution in [0.25, 0.3) is 0 Å².